The Morgan fingerprint density at radius 3 is 2.61 bits per heavy atom. The molecule has 102 valence electrons. The molecule has 1 aliphatic rings. The highest BCUT2D eigenvalue weighted by molar-refractivity contribution is 6.03. The predicted molar refractivity (Wildman–Crippen MR) is 66.7 cm³/mol. The Labute approximate surface area is 107 Å². The second-order valence-corrected chi connectivity index (χ2v) is 4.36. The minimum absolute atomic E-state index is 0.0509. The summed E-state index contributed by atoms with van der Waals surface area (Å²) >= 11 is 0. The van der Waals surface area contributed by atoms with Gasteiger partial charge in [0.15, 0.2) is 6.23 Å². The molecule has 0 fully saturated rings. The maximum atomic E-state index is 12.0. The van der Waals surface area contributed by atoms with Crippen LogP contribution >= 0.6 is 0 Å². The van der Waals surface area contributed by atoms with E-state index in [9.17, 15) is 9.59 Å². The number of primary amides is 1. The number of carbonyl (C=O) groups excluding carboxylic acids is 2. The van der Waals surface area contributed by atoms with Crippen molar-refractivity contribution < 1.29 is 14.3 Å². The van der Waals surface area contributed by atoms with Crippen LogP contribution in [0.25, 0.3) is 0 Å². The van der Waals surface area contributed by atoms with Gasteiger partial charge in [-0.25, -0.2) is 4.79 Å². The van der Waals surface area contributed by atoms with Crippen LogP contribution in [-0.4, -0.2) is 54.5 Å². The molecular formula is C11H20N4O3. The molecule has 0 unspecified atom stereocenters. The summed E-state index contributed by atoms with van der Waals surface area (Å²) in [6.07, 6.45) is -0.201. The number of hydrogen-bond acceptors (Lipinski definition) is 4. The summed E-state index contributed by atoms with van der Waals surface area (Å²) in [6.45, 7) is 3.95. The van der Waals surface area contributed by atoms with Gasteiger partial charge in [-0.2, -0.15) is 10.1 Å². The molecule has 7 heteroatoms. The summed E-state index contributed by atoms with van der Waals surface area (Å²) in [5.74, 6) is -0.419. The highest BCUT2D eigenvalue weighted by Crippen LogP contribution is 2.23. The number of nitrogens with two attached hydrogens (primary N) is 1. The van der Waals surface area contributed by atoms with Crippen molar-refractivity contribution in [2.75, 3.05) is 20.7 Å². The van der Waals surface area contributed by atoms with Crippen molar-refractivity contribution >= 4 is 17.6 Å². The maximum absolute atomic E-state index is 12.0. The molecule has 0 aromatic rings. The van der Waals surface area contributed by atoms with E-state index in [1.165, 1.54) is 4.90 Å². The van der Waals surface area contributed by atoms with E-state index < -0.39 is 12.3 Å². The van der Waals surface area contributed by atoms with Crippen LogP contribution in [0.2, 0.25) is 0 Å². The zero-order valence-corrected chi connectivity index (χ0v) is 11.2. The van der Waals surface area contributed by atoms with Gasteiger partial charge in [0.2, 0.25) is 5.91 Å². The van der Waals surface area contributed by atoms with Gasteiger partial charge in [-0.15, -0.1) is 0 Å². The summed E-state index contributed by atoms with van der Waals surface area (Å²) in [6, 6.07) is -0.677. The normalized spacial score (nSPS) is 23.6. The van der Waals surface area contributed by atoms with Crippen molar-refractivity contribution in [1.29, 1.82) is 0 Å². The Balaban J connectivity index is 2.96. The molecule has 1 aliphatic heterocycles. The Morgan fingerprint density at radius 2 is 2.17 bits per heavy atom. The molecular weight excluding hydrogens is 236 g/mol. The third-order valence-electron chi connectivity index (χ3n) is 2.80. The third-order valence-corrected chi connectivity index (χ3v) is 2.80. The summed E-state index contributed by atoms with van der Waals surface area (Å²) in [5.41, 5.74) is 5.81. The Hall–Kier alpha value is -1.63. The van der Waals surface area contributed by atoms with E-state index in [4.69, 9.17) is 10.5 Å². The van der Waals surface area contributed by atoms with Crippen molar-refractivity contribution in [2.24, 2.45) is 16.8 Å². The number of rotatable bonds is 3. The standard InChI is InChI=1S/C11H20N4O3/c1-5-18-9-6-8(10(16)14(3)4)7(2)13-15(9)11(12)17/h8-9H,5-6H2,1-4H3,(H2,12,17)/t8-,9+/m1/s1. The largest absolute Gasteiger partial charge is 0.357 e. The fourth-order valence-corrected chi connectivity index (χ4v) is 1.89. The first-order valence-corrected chi connectivity index (χ1v) is 5.85. The average molecular weight is 256 g/mol. The van der Waals surface area contributed by atoms with E-state index in [1.807, 2.05) is 6.92 Å². The van der Waals surface area contributed by atoms with Gasteiger partial charge in [0.25, 0.3) is 0 Å². The molecule has 2 N–H and O–H groups in total. The number of hydrazone groups is 1. The van der Waals surface area contributed by atoms with Crippen LogP contribution in [0.15, 0.2) is 5.10 Å². The average Bonchev–Trinajstić information content (AvgIpc) is 2.29. The van der Waals surface area contributed by atoms with Crippen molar-refractivity contribution in [1.82, 2.24) is 9.91 Å². The SMILES string of the molecule is CCO[C@H]1C[C@@H](C(=O)N(C)C)C(C)=NN1C(N)=O. The third kappa shape index (κ3) is 2.98. The molecule has 0 aliphatic carbocycles. The highest BCUT2D eigenvalue weighted by Gasteiger charge is 2.36. The van der Waals surface area contributed by atoms with E-state index in [0.29, 0.717) is 18.7 Å². The van der Waals surface area contributed by atoms with Crippen LogP contribution in [0.4, 0.5) is 4.79 Å². The van der Waals surface area contributed by atoms with E-state index in [-0.39, 0.29) is 11.8 Å². The van der Waals surface area contributed by atoms with Crippen LogP contribution in [-0.2, 0) is 9.53 Å². The smallest absolute Gasteiger partial charge is 0.337 e. The topological polar surface area (TPSA) is 88.2 Å². The number of carbonyl (C=O) groups is 2. The van der Waals surface area contributed by atoms with E-state index in [1.54, 1.807) is 21.0 Å². The molecule has 0 aromatic carbocycles. The van der Waals surface area contributed by atoms with Crippen LogP contribution in [0.5, 0.6) is 0 Å². The minimum atomic E-state index is -0.677. The first-order valence-electron chi connectivity index (χ1n) is 5.85. The summed E-state index contributed by atoms with van der Waals surface area (Å²) in [4.78, 5) is 24.8. The number of amides is 3. The molecule has 3 amide bonds. The van der Waals surface area contributed by atoms with Gasteiger partial charge in [-0.05, 0) is 13.8 Å². The van der Waals surface area contributed by atoms with E-state index in [2.05, 4.69) is 5.10 Å². The van der Waals surface area contributed by atoms with Gasteiger partial charge in [0.1, 0.15) is 0 Å². The van der Waals surface area contributed by atoms with Crippen LogP contribution in [0.1, 0.15) is 20.3 Å². The molecule has 1 heterocycles. The lowest BCUT2D eigenvalue weighted by molar-refractivity contribution is -0.134. The van der Waals surface area contributed by atoms with E-state index in [0.717, 1.165) is 5.01 Å². The predicted octanol–water partition coefficient (Wildman–Crippen LogP) is 0.214. The molecule has 0 spiro atoms. The Morgan fingerprint density at radius 1 is 1.56 bits per heavy atom. The number of hydrogen-bond donors (Lipinski definition) is 1. The number of ether oxygens (including phenoxy) is 1. The molecule has 18 heavy (non-hydrogen) atoms. The monoisotopic (exact) mass is 256 g/mol. The van der Waals surface area contributed by atoms with Gasteiger partial charge in [-0.1, -0.05) is 0 Å². The van der Waals surface area contributed by atoms with Crippen LogP contribution in [0.3, 0.4) is 0 Å². The molecule has 0 saturated heterocycles. The van der Waals surface area contributed by atoms with Gasteiger partial charge in [-0.3, -0.25) is 4.79 Å². The first kappa shape index (κ1) is 14.4. The van der Waals surface area contributed by atoms with Gasteiger partial charge in [0, 0.05) is 32.8 Å². The van der Waals surface area contributed by atoms with Gasteiger partial charge < -0.3 is 15.4 Å². The molecule has 1 rings (SSSR count). The van der Waals surface area contributed by atoms with Crippen molar-refractivity contribution in [3.63, 3.8) is 0 Å². The summed E-state index contributed by atoms with van der Waals surface area (Å²) < 4.78 is 5.41. The Kier molecular flexibility index (Phi) is 4.66. The highest BCUT2D eigenvalue weighted by atomic mass is 16.5. The second kappa shape index (κ2) is 5.81. The van der Waals surface area contributed by atoms with Gasteiger partial charge >= 0.3 is 6.03 Å². The molecule has 2 atom stereocenters. The lowest BCUT2D eigenvalue weighted by Crippen LogP contribution is -2.49. The quantitative estimate of drug-likeness (QED) is 0.783. The number of urea groups is 1. The zero-order chi connectivity index (χ0) is 13.9. The van der Waals surface area contributed by atoms with Crippen molar-refractivity contribution in [3.8, 4) is 0 Å². The van der Waals surface area contributed by atoms with Gasteiger partial charge in [0.05, 0.1) is 5.92 Å². The van der Waals surface area contributed by atoms with Crippen molar-refractivity contribution in [3.05, 3.63) is 0 Å². The summed E-state index contributed by atoms with van der Waals surface area (Å²) in [7, 11) is 3.37. The molecule has 0 bridgehead atoms. The maximum Gasteiger partial charge on any atom is 0.337 e. The number of nitrogens with zero attached hydrogens (tertiary/aromatic N) is 3. The lowest BCUT2D eigenvalue weighted by Gasteiger charge is -2.34. The molecule has 0 radical (unpaired) electrons. The summed E-state index contributed by atoms with van der Waals surface area (Å²) in [5, 5.41) is 5.17. The van der Waals surface area contributed by atoms with Crippen molar-refractivity contribution in [2.45, 2.75) is 26.5 Å². The molecule has 7 nitrogen and oxygen atoms in total. The lowest BCUT2D eigenvalue weighted by atomic mass is 9.96. The Bertz CT molecular complexity index is 367. The van der Waals surface area contributed by atoms with Crippen LogP contribution < -0.4 is 5.73 Å². The second-order valence-electron chi connectivity index (χ2n) is 4.36. The van der Waals surface area contributed by atoms with Crippen LogP contribution in [0, 0.1) is 5.92 Å². The van der Waals surface area contributed by atoms with E-state index >= 15 is 0 Å². The minimum Gasteiger partial charge on any atom is -0.357 e. The first-order chi connectivity index (χ1) is 8.38. The fraction of sp³-hybridized carbons (Fsp3) is 0.727. The fourth-order valence-electron chi connectivity index (χ4n) is 1.89. The molecule has 0 saturated carbocycles. The zero-order valence-electron chi connectivity index (χ0n) is 11.2. The molecule has 0 aromatic heterocycles.